The molecule has 29 heavy (non-hydrogen) atoms. The molecule has 3 aliphatic rings. The summed E-state index contributed by atoms with van der Waals surface area (Å²) in [6, 6.07) is 0. The van der Waals surface area contributed by atoms with E-state index in [1.54, 1.807) is 20.8 Å². The lowest BCUT2D eigenvalue weighted by molar-refractivity contribution is -0.160. The largest absolute Gasteiger partial charge is 0.507 e. The highest BCUT2D eigenvalue weighted by Gasteiger charge is 2.60. The molecule has 2 N–H and O–H groups in total. The number of hydrogen-bond acceptors (Lipinski definition) is 7. The van der Waals surface area contributed by atoms with Crippen molar-refractivity contribution < 1.29 is 34.1 Å². The lowest BCUT2D eigenvalue weighted by atomic mass is 9.52. The molecule has 0 radical (unpaired) electrons. The van der Waals surface area contributed by atoms with Crippen molar-refractivity contribution >= 4 is 23.3 Å². The first-order valence-corrected chi connectivity index (χ1v) is 9.40. The third-order valence-corrected chi connectivity index (χ3v) is 6.37. The standard InChI is InChI=1S/C22H24O7/c1-6-7-12-17(25)14-16(20(28)18(12)26)22(5)8-13(24)9(2)10(3)15(22)21(19(14)27)29-11(4)23/h6,15,19,21,25,27H,1,7-8H2,2-5H3. The van der Waals surface area contributed by atoms with Crippen molar-refractivity contribution in [3.63, 3.8) is 0 Å². The number of fused-ring (bicyclic) bond motifs is 2. The van der Waals surface area contributed by atoms with Crippen molar-refractivity contribution in [3.8, 4) is 0 Å². The molecule has 4 atom stereocenters. The van der Waals surface area contributed by atoms with Crippen LogP contribution >= 0.6 is 0 Å². The fourth-order valence-corrected chi connectivity index (χ4v) is 4.98. The van der Waals surface area contributed by atoms with Gasteiger partial charge in [-0.2, -0.15) is 0 Å². The van der Waals surface area contributed by atoms with Crippen LogP contribution in [0.1, 0.15) is 40.5 Å². The van der Waals surface area contributed by atoms with Crippen LogP contribution in [0.25, 0.3) is 0 Å². The van der Waals surface area contributed by atoms with Gasteiger partial charge < -0.3 is 14.9 Å². The number of esters is 1. The maximum Gasteiger partial charge on any atom is 0.303 e. The van der Waals surface area contributed by atoms with Crippen LogP contribution in [0, 0.1) is 11.3 Å². The minimum absolute atomic E-state index is 0.0603. The molecule has 0 saturated heterocycles. The first kappa shape index (κ1) is 20.9. The van der Waals surface area contributed by atoms with E-state index in [0.29, 0.717) is 11.1 Å². The van der Waals surface area contributed by atoms with Gasteiger partial charge in [-0.25, -0.2) is 0 Å². The first-order chi connectivity index (χ1) is 13.5. The van der Waals surface area contributed by atoms with Gasteiger partial charge in [0.05, 0.1) is 0 Å². The van der Waals surface area contributed by atoms with E-state index in [9.17, 15) is 29.4 Å². The van der Waals surface area contributed by atoms with Crippen molar-refractivity contribution in [2.45, 2.75) is 52.7 Å². The quantitative estimate of drug-likeness (QED) is 0.322. The Kier molecular flexibility index (Phi) is 4.99. The van der Waals surface area contributed by atoms with Gasteiger partial charge >= 0.3 is 5.97 Å². The Bertz CT molecular complexity index is 962. The number of Topliss-reactive ketones (excluding diaryl/α,β-unsaturated/α-hetero) is 3. The summed E-state index contributed by atoms with van der Waals surface area (Å²) in [5.74, 6) is -3.78. The minimum Gasteiger partial charge on any atom is -0.507 e. The number of carbonyl (C=O) groups is 4. The third kappa shape index (κ3) is 2.83. The molecular weight excluding hydrogens is 376 g/mol. The average Bonchev–Trinajstić information content (AvgIpc) is 2.63. The van der Waals surface area contributed by atoms with E-state index in [1.807, 2.05) is 0 Å². The van der Waals surface area contributed by atoms with Crippen LogP contribution < -0.4 is 0 Å². The Morgan fingerprint density at radius 2 is 1.90 bits per heavy atom. The monoisotopic (exact) mass is 400 g/mol. The van der Waals surface area contributed by atoms with Crippen LogP contribution in [0.4, 0.5) is 0 Å². The molecule has 3 rings (SSSR count). The van der Waals surface area contributed by atoms with Crippen LogP contribution in [-0.4, -0.2) is 45.7 Å². The highest BCUT2D eigenvalue weighted by atomic mass is 16.6. The molecule has 4 unspecified atom stereocenters. The molecule has 0 aliphatic heterocycles. The molecule has 0 heterocycles. The van der Waals surface area contributed by atoms with Crippen molar-refractivity contribution in [2.75, 3.05) is 0 Å². The summed E-state index contributed by atoms with van der Waals surface area (Å²) in [6.45, 7) is 9.70. The molecule has 0 bridgehead atoms. The fraction of sp³-hybridized carbons (Fsp3) is 0.455. The lowest BCUT2D eigenvalue weighted by Crippen LogP contribution is -2.57. The van der Waals surface area contributed by atoms with Crippen LogP contribution in [0.15, 0.2) is 46.3 Å². The van der Waals surface area contributed by atoms with Gasteiger partial charge in [-0.3, -0.25) is 19.2 Å². The summed E-state index contributed by atoms with van der Waals surface area (Å²) >= 11 is 0. The highest BCUT2D eigenvalue weighted by Crippen LogP contribution is 2.57. The second kappa shape index (κ2) is 6.91. The molecule has 0 aromatic heterocycles. The molecule has 3 aliphatic carbocycles. The Hall–Kier alpha value is -2.80. The van der Waals surface area contributed by atoms with Gasteiger partial charge in [0.1, 0.15) is 18.0 Å². The Morgan fingerprint density at radius 3 is 2.45 bits per heavy atom. The number of allylic oxidation sites excluding steroid dienone is 4. The average molecular weight is 400 g/mol. The second-order valence-electron chi connectivity index (χ2n) is 8.09. The van der Waals surface area contributed by atoms with Gasteiger partial charge in [0.2, 0.25) is 11.6 Å². The minimum atomic E-state index is -1.53. The normalized spacial score (nSPS) is 32.3. The maximum atomic E-state index is 13.1. The van der Waals surface area contributed by atoms with E-state index >= 15 is 0 Å². The smallest absolute Gasteiger partial charge is 0.303 e. The summed E-state index contributed by atoms with van der Waals surface area (Å²) in [7, 11) is 0. The second-order valence-corrected chi connectivity index (χ2v) is 8.09. The number of ether oxygens (including phenoxy) is 1. The van der Waals surface area contributed by atoms with Gasteiger partial charge in [0.15, 0.2) is 5.78 Å². The van der Waals surface area contributed by atoms with Gasteiger partial charge in [-0.1, -0.05) is 18.6 Å². The van der Waals surface area contributed by atoms with Crippen molar-refractivity contribution in [2.24, 2.45) is 11.3 Å². The van der Waals surface area contributed by atoms with Gasteiger partial charge in [-0.05, 0) is 25.8 Å². The Morgan fingerprint density at radius 1 is 1.28 bits per heavy atom. The van der Waals surface area contributed by atoms with Crippen LogP contribution in [0.5, 0.6) is 0 Å². The number of aliphatic hydroxyl groups is 2. The van der Waals surface area contributed by atoms with Crippen LogP contribution in [-0.2, 0) is 23.9 Å². The first-order valence-electron chi connectivity index (χ1n) is 9.40. The summed E-state index contributed by atoms with van der Waals surface area (Å²) in [4.78, 5) is 50.2. The molecule has 7 nitrogen and oxygen atoms in total. The zero-order valence-corrected chi connectivity index (χ0v) is 16.9. The van der Waals surface area contributed by atoms with E-state index in [1.165, 1.54) is 13.0 Å². The predicted octanol–water partition coefficient (Wildman–Crippen LogP) is 2.06. The number of rotatable bonds is 3. The predicted molar refractivity (Wildman–Crippen MR) is 103 cm³/mol. The molecule has 0 aromatic rings. The molecule has 0 fully saturated rings. The zero-order chi connectivity index (χ0) is 21.8. The summed E-state index contributed by atoms with van der Waals surface area (Å²) in [5.41, 5.74) is -0.540. The molecule has 154 valence electrons. The fourth-order valence-electron chi connectivity index (χ4n) is 4.98. The van der Waals surface area contributed by atoms with E-state index in [-0.39, 0.29) is 35.3 Å². The summed E-state index contributed by atoms with van der Waals surface area (Å²) in [5, 5.41) is 21.9. The lowest BCUT2D eigenvalue weighted by Gasteiger charge is -2.52. The van der Waals surface area contributed by atoms with E-state index in [4.69, 9.17) is 4.74 Å². The van der Waals surface area contributed by atoms with Crippen LogP contribution in [0.2, 0.25) is 0 Å². The molecular formula is C22H24O7. The topological polar surface area (TPSA) is 118 Å². The molecule has 0 saturated carbocycles. The van der Waals surface area contributed by atoms with Gasteiger partial charge in [0.25, 0.3) is 0 Å². The van der Waals surface area contributed by atoms with E-state index < -0.39 is 46.8 Å². The van der Waals surface area contributed by atoms with Crippen LogP contribution in [0.3, 0.4) is 0 Å². The van der Waals surface area contributed by atoms with Crippen molar-refractivity contribution in [1.29, 1.82) is 0 Å². The van der Waals surface area contributed by atoms with Crippen molar-refractivity contribution in [3.05, 3.63) is 46.3 Å². The number of carbonyl (C=O) groups excluding carboxylic acids is 4. The number of hydrogen-bond donors (Lipinski definition) is 2. The van der Waals surface area contributed by atoms with E-state index in [2.05, 4.69) is 6.58 Å². The molecule has 0 spiro atoms. The summed E-state index contributed by atoms with van der Waals surface area (Å²) < 4.78 is 5.43. The maximum absolute atomic E-state index is 13.1. The third-order valence-electron chi connectivity index (χ3n) is 6.37. The Balaban J connectivity index is 2.37. The Labute approximate surface area is 168 Å². The number of ketones is 3. The number of aliphatic hydroxyl groups excluding tert-OH is 2. The van der Waals surface area contributed by atoms with Crippen molar-refractivity contribution in [1.82, 2.24) is 0 Å². The van der Waals surface area contributed by atoms with Gasteiger partial charge in [0, 0.05) is 41.4 Å². The molecule has 7 heteroatoms. The zero-order valence-electron chi connectivity index (χ0n) is 16.9. The van der Waals surface area contributed by atoms with Gasteiger partial charge in [-0.15, -0.1) is 6.58 Å². The summed E-state index contributed by atoms with van der Waals surface area (Å²) in [6.07, 6.45) is -1.44. The molecule has 0 aromatic carbocycles. The SMILES string of the molecule is C=CCC1=C(O)C2=C(C(=O)C1=O)C1(C)CC(=O)C(C)=C(C)C1C(OC(C)=O)C2O. The molecule has 0 amide bonds. The van der Waals surface area contributed by atoms with E-state index in [0.717, 1.165) is 0 Å². The highest BCUT2D eigenvalue weighted by molar-refractivity contribution is 6.50.